The molecule has 3 nitrogen and oxygen atoms in total. The second-order valence-corrected chi connectivity index (χ2v) is 5.43. The van der Waals surface area contributed by atoms with Gasteiger partial charge in [0, 0.05) is 24.8 Å². The highest BCUT2D eigenvalue weighted by molar-refractivity contribution is 5.46. The van der Waals surface area contributed by atoms with Gasteiger partial charge in [-0.25, -0.2) is 0 Å². The lowest BCUT2D eigenvalue weighted by Gasteiger charge is -2.10. The van der Waals surface area contributed by atoms with Crippen molar-refractivity contribution < 1.29 is 4.74 Å². The van der Waals surface area contributed by atoms with E-state index < -0.39 is 0 Å². The predicted molar refractivity (Wildman–Crippen MR) is 88.7 cm³/mol. The molecular formula is C18H24N2O. The quantitative estimate of drug-likeness (QED) is 0.811. The molecular weight excluding hydrogens is 260 g/mol. The zero-order chi connectivity index (χ0) is 15.1. The highest BCUT2D eigenvalue weighted by Crippen LogP contribution is 2.16. The van der Waals surface area contributed by atoms with Crippen LogP contribution in [-0.4, -0.2) is 13.2 Å². The Morgan fingerprint density at radius 2 is 1.43 bits per heavy atom. The van der Waals surface area contributed by atoms with Gasteiger partial charge in [-0.2, -0.15) is 0 Å². The van der Waals surface area contributed by atoms with Crippen LogP contribution in [0.1, 0.15) is 25.0 Å². The molecule has 0 aromatic heterocycles. The lowest BCUT2D eigenvalue weighted by Crippen LogP contribution is -2.21. The number of rotatable bonds is 7. The molecule has 0 heterocycles. The minimum Gasteiger partial charge on any atom is -0.497 e. The van der Waals surface area contributed by atoms with Crippen molar-refractivity contribution in [2.75, 3.05) is 12.4 Å². The monoisotopic (exact) mass is 284 g/mol. The summed E-state index contributed by atoms with van der Waals surface area (Å²) < 4.78 is 5.15. The van der Waals surface area contributed by atoms with Crippen LogP contribution < -0.4 is 15.4 Å². The minimum absolute atomic E-state index is 0.515. The summed E-state index contributed by atoms with van der Waals surface area (Å²) >= 11 is 0. The number of ether oxygens (including phenoxy) is 1. The Morgan fingerprint density at radius 1 is 0.857 bits per heavy atom. The van der Waals surface area contributed by atoms with Gasteiger partial charge in [-0.15, -0.1) is 0 Å². The van der Waals surface area contributed by atoms with E-state index in [4.69, 9.17) is 4.74 Å². The summed E-state index contributed by atoms with van der Waals surface area (Å²) in [6.07, 6.45) is 0. The topological polar surface area (TPSA) is 33.3 Å². The molecule has 0 aliphatic carbocycles. The van der Waals surface area contributed by atoms with E-state index in [-0.39, 0.29) is 0 Å². The van der Waals surface area contributed by atoms with Gasteiger partial charge < -0.3 is 15.4 Å². The second kappa shape index (κ2) is 7.70. The SMILES string of the molecule is COc1ccc(NCc2ccc(CNC(C)C)cc2)cc1. The van der Waals surface area contributed by atoms with Crippen molar-refractivity contribution in [1.29, 1.82) is 0 Å². The molecule has 0 saturated heterocycles. The molecule has 112 valence electrons. The number of methoxy groups -OCH3 is 1. The second-order valence-electron chi connectivity index (χ2n) is 5.43. The Morgan fingerprint density at radius 3 is 1.95 bits per heavy atom. The average molecular weight is 284 g/mol. The zero-order valence-electron chi connectivity index (χ0n) is 13.0. The highest BCUT2D eigenvalue weighted by Gasteiger charge is 1.98. The summed E-state index contributed by atoms with van der Waals surface area (Å²) in [4.78, 5) is 0. The molecule has 0 aliphatic rings. The number of benzene rings is 2. The van der Waals surface area contributed by atoms with Gasteiger partial charge in [0.05, 0.1) is 7.11 Å². The third-order valence-electron chi connectivity index (χ3n) is 3.32. The lowest BCUT2D eigenvalue weighted by atomic mass is 10.1. The Hall–Kier alpha value is -2.00. The first kappa shape index (κ1) is 15.4. The number of hydrogen-bond acceptors (Lipinski definition) is 3. The molecule has 0 unspecified atom stereocenters. The van der Waals surface area contributed by atoms with Crippen molar-refractivity contribution in [3.05, 3.63) is 59.7 Å². The number of anilines is 1. The van der Waals surface area contributed by atoms with Crippen molar-refractivity contribution in [2.24, 2.45) is 0 Å². The average Bonchev–Trinajstić information content (AvgIpc) is 2.52. The van der Waals surface area contributed by atoms with Crippen LogP contribution in [0.15, 0.2) is 48.5 Å². The van der Waals surface area contributed by atoms with Crippen molar-refractivity contribution in [3.63, 3.8) is 0 Å². The standard InChI is InChI=1S/C18H24N2O/c1-14(2)19-12-15-4-6-16(7-5-15)13-20-17-8-10-18(21-3)11-9-17/h4-11,14,19-20H,12-13H2,1-3H3. The van der Waals surface area contributed by atoms with E-state index in [9.17, 15) is 0 Å². The molecule has 2 aromatic carbocycles. The summed E-state index contributed by atoms with van der Waals surface area (Å²) in [5.41, 5.74) is 3.69. The number of nitrogens with one attached hydrogen (secondary N) is 2. The van der Waals surface area contributed by atoms with Gasteiger partial charge in [-0.1, -0.05) is 38.1 Å². The van der Waals surface area contributed by atoms with E-state index in [1.807, 2.05) is 24.3 Å². The molecule has 0 saturated carbocycles. The molecule has 2 aromatic rings. The van der Waals surface area contributed by atoms with E-state index in [2.05, 4.69) is 48.7 Å². The molecule has 0 radical (unpaired) electrons. The van der Waals surface area contributed by atoms with E-state index in [0.29, 0.717) is 6.04 Å². The maximum absolute atomic E-state index is 5.15. The first-order valence-corrected chi connectivity index (χ1v) is 7.36. The fourth-order valence-electron chi connectivity index (χ4n) is 2.01. The molecule has 0 spiro atoms. The van der Waals surface area contributed by atoms with Gasteiger partial charge in [-0.05, 0) is 35.4 Å². The van der Waals surface area contributed by atoms with Crippen LogP contribution in [0.25, 0.3) is 0 Å². The maximum Gasteiger partial charge on any atom is 0.119 e. The zero-order valence-corrected chi connectivity index (χ0v) is 13.0. The third kappa shape index (κ3) is 5.12. The third-order valence-corrected chi connectivity index (χ3v) is 3.32. The number of hydrogen-bond donors (Lipinski definition) is 2. The van der Waals surface area contributed by atoms with Crippen LogP contribution >= 0.6 is 0 Å². The van der Waals surface area contributed by atoms with E-state index in [1.54, 1.807) is 7.11 Å². The van der Waals surface area contributed by atoms with Crippen molar-refractivity contribution in [1.82, 2.24) is 5.32 Å². The van der Waals surface area contributed by atoms with Crippen molar-refractivity contribution in [2.45, 2.75) is 33.0 Å². The van der Waals surface area contributed by atoms with Crippen LogP contribution in [0.3, 0.4) is 0 Å². The summed E-state index contributed by atoms with van der Waals surface area (Å²) in [7, 11) is 1.68. The van der Waals surface area contributed by atoms with Crippen LogP contribution in [0.2, 0.25) is 0 Å². The van der Waals surface area contributed by atoms with Crippen LogP contribution in [-0.2, 0) is 13.1 Å². The molecule has 21 heavy (non-hydrogen) atoms. The van der Waals surface area contributed by atoms with E-state index in [0.717, 1.165) is 24.5 Å². The molecule has 2 rings (SSSR count). The van der Waals surface area contributed by atoms with Crippen LogP contribution in [0, 0.1) is 0 Å². The Kier molecular flexibility index (Phi) is 5.64. The summed E-state index contributed by atoms with van der Waals surface area (Å²) in [6.45, 7) is 6.06. The van der Waals surface area contributed by atoms with E-state index in [1.165, 1.54) is 11.1 Å². The van der Waals surface area contributed by atoms with E-state index >= 15 is 0 Å². The summed E-state index contributed by atoms with van der Waals surface area (Å²) in [5.74, 6) is 0.877. The Bertz CT molecular complexity index is 532. The summed E-state index contributed by atoms with van der Waals surface area (Å²) in [6, 6.07) is 17.2. The molecule has 0 amide bonds. The largest absolute Gasteiger partial charge is 0.497 e. The molecule has 0 fully saturated rings. The normalized spacial score (nSPS) is 10.7. The van der Waals surface area contributed by atoms with Gasteiger partial charge in [0.1, 0.15) is 5.75 Å². The van der Waals surface area contributed by atoms with Crippen LogP contribution in [0.5, 0.6) is 5.75 Å². The fourth-order valence-corrected chi connectivity index (χ4v) is 2.01. The van der Waals surface area contributed by atoms with Gasteiger partial charge >= 0.3 is 0 Å². The van der Waals surface area contributed by atoms with Crippen molar-refractivity contribution >= 4 is 5.69 Å². The predicted octanol–water partition coefficient (Wildman–Crippen LogP) is 3.81. The molecule has 0 aliphatic heterocycles. The molecule has 0 atom stereocenters. The molecule has 0 bridgehead atoms. The highest BCUT2D eigenvalue weighted by atomic mass is 16.5. The fraction of sp³-hybridized carbons (Fsp3) is 0.333. The van der Waals surface area contributed by atoms with Gasteiger partial charge in [0.15, 0.2) is 0 Å². The van der Waals surface area contributed by atoms with Gasteiger partial charge in [-0.3, -0.25) is 0 Å². The van der Waals surface area contributed by atoms with Crippen molar-refractivity contribution in [3.8, 4) is 5.75 Å². The first-order chi connectivity index (χ1) is 10.2. The summed E-state index contributed by atoms with van der Waals surface area (Å²) in [5, 5.41) is 6.83. The Labute approximate surface area is 127 Å². The van der Waals surface area contributed by atoms with Gasteiger partial charge in [0.25, 0.3) is 0 Å². The molecule has 2 N–H and O–H groups in total. The smallest absolute Gasteiger partial charge is 0.119 e. The maximum atomic E-state index is 5.15. The first-order valence-electron chi connectivity index (χ1n) is 7.36. The van der Waals surface area contributed by atoms with Crippen LogP contribution in [0.4, 0.5) is 5.69 Å². The minimum atomic E-state index is 0.515. The van der Waals surface area contributed by atoms with Gasteiger partial charge in [0.2, 0.25) is 0 Å². The Balaban J connectivity index is 1.85. The molecule has 3 heteroatoms. The lowest BCUT2D eigenvalue weighted by molar-refractivity contribution is 0.415.